The quantitative estimate of drug-likeness (QED) is 0.106. The second kappa shape index (κ2) is 15.1. The van der Waals surface area contributed by atoms with Crippen LogP contribution in [0.4, 0.5) is 0 Å². The number of ether oxygens (including phenoxy) is 2. The first-order chi connectivity index (χ1) is 21.1. The summed E-state index contributed by atoms with van der Waals surface area (Å²) in [5.41, 5.74) is 8.98. The van der Waals surface area contributed by atoms with E-state index in [1.165, 1.54) is 6.07 Å². The molecular formula is C33H43N3O8. The molecule has 1 aliphatic carbocycles. The minimum absolute atomic E-state index is 0.00425. The number of guanidine groups is 1. The van der Waals surface area contributed by atoms with Crippen LogP contribution in [0.25, 0.3) is 0 Å². The Bertz CT molecular complexity index is 1430. The molecule has 0 spiro atoms. The number of phenols is 2. The molecule has 0 amide bonds. The minimum atomic E-state index is -1.16. The maximum atomic E-state index is 12.8. The standard InChI is InChI=1S/C33H43N3O8/c1-19(2)17-36-33(34)35-13-12-23-15-27-21-7-10-25(39)16-24(38)9-6-20-8-11-28(40)30(43-18-37)26(20)5-3-4-22(14-21)29(41)31(27)44-32(23)42/h8,11,14,19,23,25,32,37,39-42H,4,6-7,9-10,12-13,15-18H2,1-2H3,(H3,34,35,36)/t23-,25-,32+/m1/s1. The highest BCUT2D eigenvalue weighted by Gasteiger charge is 2.33. The molecule has 3 atom stereocenters. The highest BCUT2D eigenvalue weighted by Crippen LogP contribution is 2.43. The van der Waals surface area contributed by atoms with Gasteiger partial charge in [-0.3, -0.25) is 9.79 Å². The monoisotopic (exact) mass is 609 g/mol. The van der Waals surface area contributed by atoms with Crippen molar-refractivity contribution in [1.82, 2.24) is 5.32 Å². The van der Waals surface area contributed by atoms with Gasteiger partial charge in [0.15, 0.2) is 35.8 Å². The van der Waals surface area contributed by atoms with E-state index in [9.17, 15) is 30.3 Å². The second-order valence-electron chi connectivity index (χ2n) is 11.8. The third kappa shape index (κ3) is 8.34. The van der Waals surface area contributed by atoms with Gasteiger partial charge in [-0.05, 0) is 55.2 Å². The van der Waals surface area contributed by atoms with Crippen LogP contribution in [0.1, 0.15) is 67.3 Å². The first kappa shape index (κ1) is 32.9. The molecular weight excluding hydrogens is 566 g/mol. The predicted molar refractivity (Wildman–Crippen MR) is 165 cm³/mol. The van der Waals surface area contributed by atoms with E-state index < -0.39 is 19.2 Å². The van der Waals surface area contributed by atoms with Crippen LogP contribution in [0.5, 0.6) is 23.0 Å². The lowest BCUT2D eigenvalue weighted by Gasteiger charge is -2.33. The fourth-order valence-corrected chi connectivity index (χ4v) is 5.52. The molecule has 8 N–H and O–H groups in total. The molecule has 0 radical (unpaired) electrons. The molecule has 1 aliphatic heterocycles. The van der Waals surface area contributed by atoms with Gasteiger partial charge in [0.05, 0.1) is 11.7 Å². The zero-order chi connectivity index (χ0) is 31.8. The molecule has 0 unspecified atom stereocenters. The van der Waals surface area contributed by atoms with E-state index in [4.69, 9.17) is 15.2 Å². The Kier molecular flexibility index (Phi) is 11.3. The van der Waals surface area contributed by atoms with E-state index in [0.29, 0.717) is 73.8 Å². The highest BCUT2D eigenvalue weighted by atomic mass is 16.6. The number of nitrogens with zero attached hydrogens (tertiary/aromatic N) is 1. The molecule has 4 rings (SSSR count). The number of nitrogens with two attached hydrogens (primary N) is 1. The summed E-state index contributed by atoms with van der Waals surface area (Å²) < 4.78 is 11.2. The van der Waals surface area contributed by atoms with Gasteiger partial charge < -0.3 is 46.1 Å². The second-order valence-corrected chi connectivity index (χ2v) is 11.8. The normalized spacial score (nSPS) is 20.7. The Balaban J connectivity index is 1.65. The predicted octanol–water partition coefficient (Wildman–Crippen LogP) is 2.04. The van der Waals surface area contributed by atoms with Crippen molar-refractivity contribution in [3.63, 3.8) is 0 Å². The number of aliphatic hydroxyl groups excluding tert-OH is 3. The first-order valence-corrected chi connectivity index (χ1v) is 15.1. The number of phenolic OH excluding ortho intramolecular Hbond substituents is 2. The summed E-state index contributed by atoms with van der Waals surface area (Å²) >= 11 is 0. The Morgan fingerprint density at radius 1 is 1.16 bits per heavy atom. The Labute approximate surface area is 257 Å². The van der Waals surface area contributed by atoms with Crippen molar-refractivity contribution in [3.05, 3.63) is 46.0 Å². The number of ketones is 1. The van der Waals surface area contributed by atoms with Gasteiger partial charge in [0.25, 0.3) is 0 Å². The van der Waals surface area contributed by atoms with Gasteiger partial charge in [0, 0.05) is 49.4 Å². The number of aliphatic hydroxyl groups is 3. The molecule has 11 heteroatoms. The van der Waals surface area contributed by atoms with E-state index in [-0.39, 0.29) is 54.0 Å². The summed E-state index contributed by atoms with van der Waals surface area (Å²) in [7, 11) is 0. The average molecular weight is 610 g/mol. The summed E-state index contributed by atoms with van der Waals surface area (Å²) in [6.07, 6.45) is 0.237. The zero-order valence-electron chi connectivity index (χ0n) is 25.3. The maximum absolute atomic E-state index is 12.8. The Morgan fingerprint density at radius 2 is 1.95 bits per heavy atom. The first-order valence-electron chi connectivity index (χ1n) is 15.1. The van der Waals surface area contributed by atoms with Gasteiger partial charge >= 0.3 is 0 Å². The summed E-state index contributed by atoms with van der Waals surface area (Å²) in [5, 5.41) is 55.6. The van der Waals surface area contributed by atoms with E-state index in [1.807, 2.05) is 6.07 Å². The summed E-state index contributed by atoms with van der Waals surface area (Å²) in [6, 6.07) is 4.90. The molecule has 0 saturated heterocycles. The van der Waals surface area contributed by atoms with Gasteiger partial charge in [-0.2, -0.15) is 0 Å². The molecule has 0 saturated carbocycles. The van der Waals surface area contributed by atoms with Crippen molar-refractivity contribution in [3.8, 4) is 34.8 Å². The van der Waals surface area contributed by atoms with Crippen molar-refractivity contribution in [2.45, 2.75) is 77.6 Å². The van der Waals surface area contributed by atoms with Gasteiger partial charge in [0.1, 0.15) is 5.78 Å². The molecule has 2 aliphatic rings. The lowest BCUT2D eigenvalue weighted by Crippen LogP contribution is -2.38. The Morgan fingerprint density at radius 3 is 2.70 bits per heavy atom. The van der Waals surface area contributed by atoms with Crippen LogP contribution in [0.15, 0.2) is 23.2 Å². The van der Waals surface area contributed by atoms with Crippen LogP contribution >= 0.6 is 0 Å². The minimum Gasteiger partial charge on any atom is -0.504 e. The number of fused-ring (bicyclic) bond motifs is 5. The van der Waals surface area contributed by atoms with E-state index >= 15 is 0 Å². The molecule has 0 aromatic heterocycles. The van der Waals surface area contributed by atoms with Crippen molar-refractivity contribution >= 4 is 11.7 Å². The number of nitrogens with one attached hydrogen (secondary N) is 1. The van der Waals surface area contributed by atoms with Crippen LogP contribution in [-0.4, -0.2) is 69.6 Å². The molecule has 2 aromatic rings. The molecule has 238 valence electrons. The number of hydrogen-bond acceptors (Lipinski definition) is 9. The molecule has 2 bridgehead atoms. The summed E-state index contributed by atoms with van der Waals surface area (Å²) in [4.78, 5) is 17.0. The number of carbonyl (C=O) groups is 1. The fraction of sp³-hybridized carbons (Fsp3) is 0.515. The number of aryl methyl sites for hydroxylation is 2. The number of rotatable bonds is 7. The number of aliphatic imine (C=N–C) groups is 1. The number of Topliss-reactive ketones (excluding diaryl/α,β-unsaturated/α-hetero) is 1. The van der Waals surface area contributed by atoms with E-state index in [0.717, 1.165) is 11.1 Å². The van der Waals surface area contributed by atoms with Crippen LogP contribution in [-0.2, 0) is 30.5 Å². The van der Waals surface area contributed by atoms with Crippen LogP contribution < -0.4 is 20.5 Å². The number of benzene rings is 2. The number of carbonyl (C=O) groups excluding carboxylic acids is 1. The van der Waals surface area contributed by atoms with E-state index in [1.54, 1.807) is 6.07 Å². The highest BCUT2D eigenvalue weighted by molar-refractivity contribution is 5.79. The smallest absolute Gasteiger partial charge is 0.200 e. The molecule has 0 fully saturated rings. The number of aromatic hydroxyl groups is 2. The molecule has 2 aromatic carbocycles. The average Bonchev–Trinajstić information content (AvgIpc) is 2.98. The van der Waals surface area contributed by atoms with Crippen molar-refractivity contribution in [1.29, 1.82) is 0 Å². The van der Waals surface area contributed by atoms with Gasteiger partial charge in [0.2, 0.25) is 6.29 Å². The van der Waals surface area contributed by atoms with Crippen LogP contribution in [0.3, 0.4) is 0 Å². The van der Waals surface area contributed by atoms with Crippen molar-refractivity contribution in [2.75, 3.05) is 19.9 Å². The van der Waals surface area contributed by atoms with Crippen LogP contribution in [0.2, 0.25) is 0 Å². The van der Waals surface area contributed by atoms with Crippen molar-refractivity contribution in [2.24, 2.45) is 22.6 Å². The molecule has 1 heterocycles. The SMILES string of the molecule is CC(C)CN=C(N)NCC[C@@H]1Cc2c3cc(c(O)c2O[C@@H]1O)CC#Cc1c(ccc(O)c1OCO)CCC(=O)C[C@H](O)CC3. The number of hydrogen-bond donors (Lipinski definition) is 7. The van der Waals surface area contributed by atoms with Gasteiger partial charge in [-0.25, -0.2) is 0 Å². The summed E-state index contributed by atoms with van der Waals surface area (Å²) in [6.45, 7) is 4.51. The van der Waals surface area contributed by atoms with E-state index in [2.05, 4.69) is 36.0 Å². The lowest BCUT2D eigenvalue weighted by atomic mass is 9.86. The third-order valence-electron chi connectivity index (χ3n) is 7.89. The lowest BCUT2D eigenvalue weighted by molar-refractivity contribution is -0.121. The molecule has 44 heavy (non-hydrogen) atoms. The van der Waals surface area contributed by atoms with Gasteiger partial charge in [-0.15, -0.1) is 0 Å². The maximum Gasteiger partial charge on any atom is 0.200 e. The Hall–Kier alpha value is -3.98. The third-order valence-corrected chi connectivity index (χ3v) is 7.89. The topological polar surface area (TPSA) is 187 Å². The fourth-order valence-electron chi connectivity index (χ4n) is 5.52. The zero-order valence-corrected chi connectivity index (χ0v) is 25.3. The van der Waals surface area contributed by atoms with Gasteiger partial charge in [-0.1, -0.05) is 37.8 Å². The largest absolute Gasteiger partial charge is 0.504 e. The summed E-state index contributed by atoms with van der Waals surface area (Å²) in [5.74, 6) is 6.20. The molecule has 11 nitrogen and oxygen atoms in total. The van der Waals surface area contributed by atoms with Crippen LogP contribution in [0, 0.1) is 23.7 Å². The van der Waals surface area contributed by atoms with Crippen molar-refractivity contribution < 1.29 is 39.8 Å².